The number of benzene rings is 2. The molecule has 3 rings (SSSR count). The van der Waals surface area contributed by atoms with Gasteiger partial charge in [0.05, 0.1) is 6.54 Å². The minimum absolute atomic E-state index is 0.0632. The zero-order valence-electron chi connectivity index (χ0n) is 15.5. The van der Waals surface area contributed by atoms with E-state index in [0.29, 0.717) is 5.69 Å². The third-order valence-electron chi connectivity index (χ3n) is 4.72. The second kappa shape index (κ2) is 7.60. The number of para-hydroxylation sites is 1. The molecule has 26 heavy (non-hydrogen) atoms. The van der Waals surface area contributed by atoms with Gasteiger partial charge < -0.3 is 16.0 Å². The molecule has 0 aliphatic heterocycles. The SMILES string of the molecule is Cc1cccc(C)c1NCC(=O)Nc1cccc(NC(=O)C2CC2)c1C. The van der Waals surface area contributed by atoms with Crippen LogP contribution in [0.25, 0.3) is 0 Å². The van der Waals surface area contributed by atoms with Crippen molar-refractivity contribution in [3.05, 3.63) is 53.1 Å². The lowest BCUT2D eigenvalue weighted by molar-refractivity contribution is -0.117. The molecule has 0 bridgehead atoms. The molecule has 1 fully saturated rings. The number of carbonyl (C=O) groups excluding carboxylic acids is 2. The maximum absolute atomic E-state index is 12.4. The van der Waals surface area contributed by atoms with Crippen molar-refractivity contribution in [1.29, 1.82) is 0 Å². The number of hydrogen-bond acceptors (Lipinski definition) is 3. The van der Waals surface area contributed by atoms with Crippen LogP contribution in [0.15, 0.2) is 36.4 Å². The molecule has 3 N–H and O–H groups in total. The van der Waals surface area contributed by atoms with E-state index in [1.807, 2.05) is 57.2 Å². The van der Waals surface area contributed by atoms with Crippen LogP contribution in [0, 0.1) is 26.7 Å². The standard InChI is InChI=1S/C21H25N3O2/c1-13-6-4-7-14(2)20(13)22-12-19(25)23-17-8-5-9-18(15(17)3)24-21(26)16-10-11-16/h4-9,16,22H,10-12H2,1-3H3,(H,23,25)(H,24,26). The maximum Gasteiger partial charge on any atom is 0.243 e. The van der Waals surface area contributed by atoms with Gasteiger partial charge in [-0.05, 0) is 62.4 Å². The predicted molar refractivity (Wildman–Crippen MR) is 106 cm³/mol. The summed E-state index contributed by atoms with van der Waals surface area (Å²) in [5, 5.41) is 9.09. The lowest BCUT2D eigenvalue weighted by Crippen LogP contribution is -2.23. The summed E-state index contributed by atoms with van der Waals surface area (Å²) >= 11 is 0. The molecule has 0 aromatic heterocycles. The van der Waals surface area contributed by atoms with E-state index in [0.717, 1.165) is 40.9 Å². The topological polar surface area (TPSA) is 70.2 Å². The van der Waals surface area contributed by atoms with Gasteiger partial charge in [-0.3, -0.25) is 9.59 Å². The largest absolute Gasteiger partial charge is 0.376 e. The molecule has 0 radical (unpaired) electrons. The lowest BCUT2D eigenvalue weighted by atomic mass is 10.1. The van der Waals surface area contributed by atoms with Crippen LogP contribution in [0.1, 0.15) is 29.5 Å². The highest BCUT2D eigenvalue weighted by molar-refractivity contribution is 5.98. The van der Waals surface area contributed by atoms with Crippen molar-refractivity contribution in [3.8, 4) is 0 Å². The van der Waals surface area contributed by atoms with Gasteiger partial charge in [0.1, 0.15) is 0 Å². The molecular formula is C21H25N3O2. The van der Waals surface area contributed by atoms with Crippen molar-refractivity contribution in [1.82, 2.24) is 0 Å². The molecule has 1 aliphatic carbocycles. The van der Waals surface area contributed by atoms with E-state index in [1.54, 1.807) is 0 Å². The second-order valence-corrected chi connectivity index (χ2v) is 6.91. The Morgan fingerprint density at radius 3 is 2.12 bits per heavy atom. The van der Waals surface area contributed by atoms with Crippen LogP contribution >= 0.6 is 0 Å². The Morgan fingerprint density at radius 1 is 0.923 bits per heavy atom. The normalized spacial score (nSPS) is 13.2. The lowest BCUT2D eigenvalue weighted by Gasteiger charge is -2.15. The highest BCUT2D eigenvalue weighted by atomic mass is 16.2. The zero-order chi connectivity index (χ0) is 18.7. The van der Waals surface area contributed by atoms with Crippen molar-refractivity contribution >= 4 is 28.9 Å². The number of hydrogen-bond donors (Lipinski definition) is 3. The summed E-state index contributed by atoms with van der Waals surface area (Å²) in [7, 11) is 0. The highest BCUT2D eigenvalue weighted by Gasteiger charge is 2.29. The average molecular weight is 351 g/mol. The quantitative estimate of drug-likeness (QED) is 0.736. The fraction of sp³-hybridized carbons (Fsp3) is 0.333. The molecule has 2 aromatic rings. The third kappa shape index (κ3) is 4.23. The Balaban J connectivity index is 1.63. The fourth-order valence-corrected chi connectivity index (χ4v) is 2.94. The molecule has 0 saturated heterocycles. The summed E-state index contributed by atoms with van der Waals surface area (Å²) in [6.45, 7) is 6.12. The van der Waals surface area contributed by atoms with Crippen LogP contribution in [0.4, 0.5) is 17.1 Å². The van der Waals surface area contributed by atoms with E-state index in [9.17, 15) is 9.59 Å². The van der Waals surface area contributed by atoms with Gasteiger partial charge in [0.25, 0.3) is 0 Å². The van der Waals surface area contributed by atoms with Crippen molar-refractivity contribution < 1.29 is 9.59 Å². The Hall–Kier alpha value is -2.82. The first-order chi connectivity index (χ1) is 12.5. The molecule has 5 heteroatoms. The smallest absolute Gasteiger partial charge is 0.243 e. The van der Waals surface area contributed by atoms with Crippen molar-refractivity contribution in [2.75, 3.05) is 22.5 Å². The summed E-state index contributed by atoms with van der Waals surface area (Å²) in [6, 6.07) is 11.6. The minimum atomic E-state index is -0.124. The Kier molecular flexibility index (Phi) is 5.26. The van der Waals surface area contributed by atoms with Gasteiger partial charge in [-0.1, -0.05) is 24.3 Å². The average Bonchev–Trinajstić information content (AvgIpc) is 3.43. The van der Waals surface area contributed by atoms with E-state index in [-0.39, 0.29) is 24.3 Å². The van der Waals surface area contributed by atoms with Gasteiger partial charge in [-0.15, -0.1) is 0 Å². The fourth-order valence-electron chi connectivity index (χ4n) is 2.94. The molecule has 2 aromatic carbocycles. The van der Waals surface area contributed by atoms with E-state index in [2.05, 4.69) is 16.0 Å². The number of amides is 2. The van der Waals surface area contributed by atoms with Crippen LogP contribution in [-0.2, 0) is 9.59 Å². The Bertz CT molecular complexity index is 821. The first-order valence-electron chi connectivity index (χ1n) is 8.96. The van der Waals surface area contributed by atoms with E-state index >= 15 is 0 Å². The summed E-state index contributed by atoms with van der Waals surface area (Å²) < 4.78 is 0. The first kappa shape index (κ1) is 18.0. The summed E-state index contributed by atoms with van der Waals surface area (Å²) in [6.07, 6.45) is 1.93. The van der Waals surface area contributed by atoms with Gasteiger partial charge in [0.15, 0.2) is 0 Å². The number of carbonyl (C=O) groups is 2. The molecule has 1 saturated carbocycles. The number of nitrogens with one attached hydrogen (secondary N) is 3. The summed E-state index contributed by atoms with van der Waals surface area (Å²) in [5.74, 6) is 0.0869. The van der Waals surface area contributed by atoms with Gasteiger partial charge in [0, 0.05) is 23.0 Å². The number of aryl methyl sites for hydroxylation is 2. The Labute approximate surface area is 154 Å². The van der Waals surface area contributed by atoms with Crippen LogP contribution in [0.3, 0.4) is 0 Å². The monoisotopic (exact) mass is 351 g/mol. The molecule has 136 valence electrons. The van der Waals surface area contributed by atoms with Crippen LogP contribution in [0.5, 0.6) is 0 Å². The highest BCUT2D eigenvalue weighted by Crippen LogP contribution is 2.31. The van der Waals surface area contributed by atoms with E-state index in [4.69, 9.17) is 0 Å². The molecule has 0 unspecified atom stereocenters. The second-order valence-electron chi connectivity index (χ2n) is 6.91. The maximum atomic E-state index is 12.4. The molecule has 2 amide bonds. The van der Waals surface area contributed by atoms with Crippen molar-refractivity contribution in [2.24, 2.45) is 5.92 Å². The van der Waals surface area contributed by atoms with E-state index < -0.39 is 0 Å². The van der Waals surface area contributed by atoms with Gasteiger partial charge in [-0.2, -0.15) is 0 Å². The van der Waals surface area contributed by atoms with Crippen molar-refractivity contribution in [3.63, 3.8) is 0 Å². The van der Waals surface area contributed by atoms with Crippen LogP contribution in [-0.4, -0.2) is 18.4 Å². The van der Waals surface area contributed by atoms with Crippen molar-refractivity contribution in [2.45, 2.75) is 33.6 Å². The molecule has 0 atom stereocenters. The third-order valence-corrected chi connectivity index (χ3v) is 4.72. The number of rotatable bonds is 6. The zero-order valence-corrected chi connectivity index (χ0v) is 15.5. The first-order valence-corrected chi connectivity index (χ1v) is 8.96. The van der Waals surface area contributed by atoms with Crippen LogP contribution in [0.2, 0.25) is 0 Å². The molecule has 1 aliphatic rings. The summed E-state index contributed by atoms with van der Waals surface area (Å²) in [4.78, 5) is 24.3. The van der Waals surface area contributed by atoms with E-state index in [1.165, 1.54) is 0 Å². The summed E-state index contributed by atoms with van der Waals surface area (Å²) in [5.41, 5.74) is 5.54. The molecule has 5 nitrogen and oxygen atoms in total. The molecular weight excluding hydrogens is 326 g/mol. The Morgan fingerprint density at radius 2 is 1.50 bits per heavy atom. The van der Waals surface area contributed by atoms with Gasteiger partial charge >= 0.3 is 0 Å². The molecule has 0 heterocycles. The van der Waals surface area contributed by atoms with Crippen LogP contribution < -0.4 is 16.0 Å². The van der Waals surface area contributed by atoms with Gasteiger partial charge in [-0.25, -0.2) is 0 Å². The molecule has 0 spiro atoms. The number of anilines is 3. The minimum Gasteiger partial charge on any atom is -0.376 e. The van der Waals surface area contributed by atoms with Gasteiger partial charge in [0.2, 0.25) is 11.8 Å². The predicted octanol–water partition coefficient (Wildman–Crippen LogP) is 4.01.